The van der Waals surface area contributed by atoms with E-state index in [1.54, 1.807) is 6.07 Å². The molecule has 1 aromatic carbocycles. The lowest BCUT2D eigenvalue weighted by molar-refractivity contribution is 0.0936. The summed E-state index contributed by atoms with van der Waals surface area (Å²) >= 11 is 0. The highest BCUT2D eigenvalue weighted by Gasteiger charge is 2.33. The van der Waals surface area contributed by atoms with Crippen LogP contribution in [-0.2, 0) is 0 Å². The lowest BCUT2D eigenvalue weighted by Gasteiger charge is -2.39. The number of rotatable bonds is 4. The lowest BCUT2D eigenvalue weighted by atomic mass is 10.0. The largest absolute Gasteiger partial charge is 0.329 e. The van der Waals surface area contributed by atoms with Gasteiger partial charge in [0.1, 0.15) is 0 Å². The van der Waals surface area contributed by atoms with Gasteiger partial charge in [-0.1, -0.05) is 6.07 Å². The fraction of sp³-hybridized carbons (Fsp3) is 0.600. The minimum absolute atomic E-state index is 0.0218. The summed E-state index contributed by atoms with van der Waals surface area (Å²) in [5.41, 5.74) is 6.63. The topological polar surface area (TPSA) is 32.5 Å². The van der Waals surface area contributed by atoms with Gasteiger partial charge in [0.2, 0.25) is 0 Å². The van der Waals surface area contributed by atoms with Gasteiger partial charge in [0.15, 0.2) is 11.6 Å². The molecule has 5 heteroatoms. The maximum atomic E-state index is 13.4. The van der Waals surface area contributed by atoms with Crippen LogP contribution in [0.1, 0.15) is 24.4 Å². The molecule has 0 amide bonds. The summed E-state index contributed by atoms with van der Waals surface area (Å²) in [6.07, 6.45) is 2.65. The van der Waals surface area contributed by atoms with Gasteiger partial charge in [0.05, 0.1) is 0 Å². The molecule has 0 spiro atoms. The quantitative estimate of drug-likeness (QED) is 0.912. The number of nitrogens with two attached hydrogens (primary N) is 1. The monoisotopic (exact) mass is 281 g/mol. The van der Waals surface area contributed by atoms with Crippen molar-refractivity contribution in [3.63, 3.8) is 0 Å². The van der Waals surface area contributed by atoms with Crippen molar-refractivity contribution < 1.29 is 8.78 Å². The summed E-state index contributed by atoms with van der Waals surface area (Å²) in [6, 6.07) is 4.88. The van der Waals surface area contributed by atoms with Crippen molar-refractivity contribution in [3.8, 4) is 0 Å². The van der Waals surface area contributed by atoms with Crippen LogP contribution in [-0.4, -0.2) is 48.6 Å². The van der Waals surface area contributed by atoms with E-state index in [1.807, 2.05) is 0 Å². The van der Waals surface area contributed by atoms with Gasteiger partial charge in [-0.25, -0.2) is 8.78 Å². The van der Waals surface area contributed by atoms with Crippen molar-refractivity contribution >= 4 is 0 Å². The first kappa shape index (κ1) is 13.9. The minimum atomic E-state index is -0.803. The molecule has 2 aliphatic rings. The van der Waals surface area contributed by atoms with E-state index in [4.69, 9.17) is 5.73 Å². The van der Waals surface area contributed by atoms with Crippen LogP contribution in [0.4, 0.5) is 8.78 Å². The lowest BCUT2D eigenvalue weighted by Crippen LogP contribution is -2.49. The van der Waals surface area contributed by atoms with E-state index in [9.17, 15) is 8.78 Å². The first-order valence-corrected chi connectivity index (χ1v) is 7.32. The second kappa shape index (κ2) is 5.76. The third-order valence-corrected chi connectivity index (χ3v) is 4.40. The smallest absolute Gasteiger partial charge is 0.159 e. The molecule has 3 rings (SSSR count). The molecule has 2 N–H and O–H groups in total. The van der Waals surface area contributed by atoms with Crippen LogP contribution in [0.5, 0.6) is 0 Å². The molecule has 1 aromatic rings. The molecule has 1 heterocycles. The summed E-state index contributed by atoms with van der Waals surface area (Å²) in [6.45, 7) is 4.40. The number of hydrogen-bond donors (Lipinski definition) is 1. The third-order valence-electron chi connectivity index (χ3n) is 4.40. The van der Waals surface area contributed by atoms with E-state index in [-0.39, 0.29) is 6.04 Å². The third kappa shape index (κ3) is 2.85. The fourth-order valence-corrected chi connectivity index (χ4v) is 3.07. The van der Waals surface area contributed by atoms with E-state index in [2.05, 4.69) is 9.80 Å². The molecule has 0 radical (unpaired) electrons. The molecule has 3 nitrogen and oxygen atoms in total. The molecule has 0 aromatic heterocycles. The fourth-order valence-electron chi connectivity index (χ4n) is 3.07. The van der Waals surface area contributed by atoms with E-state index >= 15 is 0 Å². The number of piperazine rings is 1. The highest BCUT2D eigenvalue weighted by atomic mass is 19.2. The summed E-state index contributed by atoms with van der Waals surface area (Å²) in [5.74, 6) is -1.60. The van der Waals surface area contributed by atoms with Crippen molar-refractivity contribution in [2.75, 3.05) is 32.7 Å². The van der Waals surface area contributed by atoms with Crippen LogP contribution in [0.15, 0.2) is 18.2 Å². The Morgan fingerprint density at radius 3 is 2.35 bits per heavy atom. The Hall–Kier alpha value is -1.04. The SMILES string of the molecule is NCC(c1ccc(F)c(F)c1)N1CCN(C2CC2)CC1. The zero-order chi connectivity index (χ0) is 14.1. The number of nitrogens with zero attached hydrogens (tertiary/aromatic N) is 2. The van der Waals surface area contributed by atoms with Crippen molar-refractivity contribution in [3.05, 3.63) is 35.4 Å². The summed E-state index contributed by atoms with van der Waals surface area (Å²) in [5, 5.41) is 0. The van der Waals surface area contributed by atoms with Gasteiger partial charge in [-0.2, -0.15) is 0 Å². The predicted octanol–water partition coefficient (Wildman–Crippen LogP) is 1.74. The molecule has 20 heavy (non-hydrogen) atoms. The average Bonchev–Trinajstić information content (AvgIpc) is 3.29. The van der Waals surface area contributed by atoms with Crippen molar-refractivity contribution in [2.45, 2.75) is 24.9 Å². The Balaban J connectivity index is 1.68. The van der Waals surface area contributed by atoms with Crippen molar-refractivity contribution in [1.29, 1.82) is 0 Å². The Bertz CT molecular complexity index is 468. The zero-order valence-corrected chi connectivity index (χ0v) is 11.6. The second-order valence-corrected chi connectivity index (χ2v) is 5.73. The normalized spacial score (nSPS) is 22.9. The van der Waals surface area contributed by atoms with Gasteiger partial charge in [-0.05, 0) is 30.5 Å². The van der Waals surface area contributed by atoms with Crippen molar-refractivity contribution in [2.24, 2.45) is 5.73 Å². The van der Waals surface area contributed by atoms with Crippen LogP contribution in [0.2, 0.25) is 0 Å². The van der Waals surface area contributed by atoms with Crippen molar-refractivity contribution in [1.82, 2.24) is 9.80 Å². The second-order valence-electron chi connectivity index (χ2n) is 5.73. The Morgan fingerprint density at radius 1 is 1.10 bits per heavy atom. The molecule has 1 aliphatic heterocycles. The maximum absolute atomic E-state index is 13.4. The van der Waals surface area contributed by atoms with Crippen LogP contribution in [0.25, 0.3) is 0 Å². The Labute approximate surface area is 118 Å². The maximum Gasteiger partial charge on any atom is 0.159 e. The first-order valence-electron chi connectivity index (χ1n) is 7.32. The number of hydrogen-bond acceptors (Lipinski definition) is 3. The Kier molecular flexibility index (Phi) is 4.01. The molecule has 1 unspecified atom stereocenters. The van der Waals surface area contributed by atoms with Gasteiger partial charge >= 0.3 is 0 Å². The van der Waals surface area contributed by atoms with E-state index < -0.39 is 11.6 Å². The zero-order valence-electron chi connectivity index (χ0n) is 11.6. The molecule has 1 atom stereocenters. The molecule has 1 saturated heterocycles. The van der Waals surface area contributed by atoms with Gasteiger partial charge in [0, 0.05) is 44.8 Å². The van der Waals surface area contributed by atoms with Gasteiger partial charge in [0.25, 0.3) is 0 Å². The molecule has 2 fully saturated rings. The van der Waals surface area contributed by atoms with Crippen LogP contribution >= 0.6 is 0 Å². The highest BCUT2D eigenvalue weighted by Crippen LogP contribution is 2.29. The summed E-state index contributed by atoms with van der Waals surface area (Å²) in [4.78, 5) is 4.81. The molecular formula is C15H21F2N3. The number of benzene rings is 1. The molecular weight excluding hydrogens is 260 g/mol. The van der Waals surface area contributed by atoms with Gasteiger partial charge < -0.3 is 5.73 Å². The van der Waals surface area contributed by atoms with Gasteiger partial charge in [-0.15, -0.1) is 0 Å². The molecule has 110 valence electrons. The van der Waals surface area contributed by atoms with Crippen LogP contribution in [0.3, 0.4) is 0 Å². The van der Waals surface area contributed by atoms with Gasteiger partial charge in [-0.3, -0.25) is 9.80 Å². The number of halogens is 2. The predicted molar refractivity (Wildman–Crippen MR) is 74.3 cm³/mol. The standard InChI is InChI=1S/C15H21F2N3/c16-13-4-1-11(9-14(13)17)15(10-18)20-7-5-19(6-8-20)12-2-3-12/h1,4,9,12,15H,2-3,5-8,10,18H2. The first-order chi connectivity index (χ1) is 9.69. The summed E-state index contributed by atoms with van der Waals surface area (Å²) < 4.78 is 26.4. The minimum Gasteiger partial charge on any atom is -0.329 e. The summed E-state index contributed by atoms with van der Waals surface area (Å²) in [7, 11) is 0. The molecule has 1 saturated carbocycles. The van der Waals surface area contributed by atoms with E-state index in [0.717, 1.165) is 37.8 Å². The Morgan fingerprint density at radius 2 is 1.80 bits per heavy atom. The molecule has 1 aliphatic carbocycles. The van der Waals surface area contributed by atoms with E-state index in [1.165, 1.54) is 25.0 Å². The average molecular weight is 281 g/mol. The van der Waals surface area contributed by atoms with Crippen LogP contribution in [0, 0.1) is 11.6 Å². The highest BCUT2D eigenvalue weighted by molar-refractivity contribution is 5.22. The molecule has 0 bridgehead atoms. The van der Waals surface area contributed by atoms with Crippen LogP contribution < -0.4 is 5.73 Å². The van der Waals surface area contributed by atoms with E-state index in [0.29, 0.717) is 6.54 Å².